The van der Waals surface area contributed by atoms with Crippen LogP contribution in [0.25, 0.3) is 0 Å². The molecule has 0 radical (unpaired) electrons. The Morgan fingerprint density at radius 3 is 2.63 bits per heavy atom. The van der Waals surface area contributed by atoms with E-state index in [1.54, 1.807) is 0 Å². The van der Waals surface area contributed by atoms with Crippen molar-refractivity contribution in [1.29, 1.82) is 0 Å². The minimum Gasteiger partial charge on any atom is -0.367 e. The maximum atomic E-state index is 12.7. The van der Waals surface area contributed by atoms with E-state index in [1.165, 1.54) is 6.07 Å². The number of nitrogens with zero attached hydrogens (tertiary/aromatic N) is 1. The highest BCUT2D eigenvalue weighted by molar-refractivity contribution is 5.46. The third-order valence-electron chi connectivity index (χ3n) is 3.52. The maximum Gasteiger partial charge on any atom is 0.433 e. The highest BCUT2D eigenvalue weighted by atomic mass is 19.4. The van der Waals surface area contributed by atoms with Crippen LogP contribution in [-0.2, 0) is 12.7 Å². The van der Waals surface area contributed by atoms with E-state index in [9.17, 15) is 13.2 Å². The molecule has 1 aromatic rings. The number of nitrogens with one attached hydrogen (secondary N) is 1. The Morgan fingerprint density at radius 1 is 1.37 bits per heavy atom. The Balaban J connectivity index is 2.21. The molecule has 0 amide bonds. The highest BCUT2D eigenvalue weighted by Crippen LogP contribution is 2.31. The molecule has 3 nitrogen and oxygen atoms in total. The van der Waals surface area contributed by atoms with Crippen LogP contribution in [0.5, 0.6) is 0 Å². The molecule has 106 valence electrons. The summed E-state index contributed by atoms with van der Waals surface area (Å²) in [5.41, 5.74) is 5.29. The lowest BCUT2D eigenvalue weighted by Gasteiger charge is -2.17. The van der Waals surface area contributed by atoms with Crippen LogP contribution in [0.4, 0.5) is 19.0 Å². The topological polar surface area (TPSA) is 50.9 Å². The zero-order valence-electron chi connectivity index (χ0n) is 10.8. The number of hydrogen-bond acceptors (Lipinski definition) is 3. The van der Waals surface area contributed by atoms with E-state index in [0.717, 1.165) is 25.3 Å². The van der Waals surface area contributed by atoms with Crippen LogP contribution in [0.15, 0.2) is 12.1 Å². The molecule has 1 aliphatic rings. The quantitative estimate of drug-likeness (QED) is 0.889. The summed E-state index contributed by atoms with van der Waals surface area (Å²) in [5.74, 6) is 0.876. The van der Waals surface area contributed by atoms with Gasteiger partial charge in [0.25, 0.3) is 0 Å². The van der Waals surface area contributed by atoms with Crippen molar-refractivity contribution in [1.82, 2.24) is 4.98 Å². The lowest BCUT2D eigenvalue weighted by atomic mass is 10.1. The number of anilines is 1. The van der Waals surface area contributed by atoms with Gasteiger partial charge >= 0.3 is 6.18 Å². The molecule has 2 rings (SSSR count). The van der Waals surface area contributed by atoms with Gasteiger partial charge in [0, 0.05) is 18.2 Å². The number of alkyl halides is 3. The molecule has 1 saturated carbocycles. The lowest BCUT2D eigenvalue weighted by molar-refractivity contribution is -0.141. The molecule has 3 N–H and O–H groups in total. The van der Waals surface area contributed by atoms with Crippen molar-refractivity contribution in [3.8, 4) is 0 Å². The molecule has 1 fully saturated rings. The summed E-state index contributed by atoms with van der Waals surface area (Å²) < 4.78 is 38.0. The van der Waals surface area contributed by atoms with Gasteiger partial charge in [0.2, 0.25) is 0 Å². The van der Waals surface area contributed by atoms with E-state index in [-0.39, 0.29) is 18.4 Å². The van der Waals surface area contributed by atoms with Gasteiger partial charge in [-0.15, -0.1) is 0 Å². The van der Waals surface area contributed by atoms with Crippen LogP contribution >= 0.6 is 0 Å². The van der Waals surface area contributed by atoms with Gasteiger partial charge in [-0.3, -0.25) is 0 Å². The number of nitrogens with two attached hydrogens (primary N) is 1. The largest absolute Gasteiger partial charge is 0.433 e. The summed E-state index contributed by atoms with van der Waals surface area (Å²) in [4.78, 5) is 3.69. The van der Waals surface area contributed by atoms with Crippen LogP contribution in [0, 0.1) is 5.92 Å². The van der Waals surface area contributed by atoms with Crippen molar-refractivity contribution in [3.05, 3.63) is 23.4 Å². The van der Waals surface area contributed by atoms with Crippen molar-refractivity contribution in [2.75, 3.05) is 5.32 Å². The van der Waals surface area contributed by atoms with E-state index in [4.69, 9.17) is 5.73 Å². The van der Waals surface area contributed by atoms with Gasteiger partial charge in [0.1, 0.15) is 11.5 Å². The smallest absolute Gasteiger partial charge is 0.367 e. The van der Waals surface area contributed by atoms with Crippen LogP contribution in [0.3, 0.4) is 0 Å². The molecule has 0 aromatic carbocycles. The number of halogens is 3. The van der Waals surface area contributed by atoms with Gasteiger partial charge in [-0.25, -0.2) is 4.98 Å². The Labute approximate surface area is 110 Å². The van der Waals surface area contributed by atoms with Gasteiger partial charge in [-0.1, -0.05) is 13.0 Å². The average molecular weight is 273 g/mol. The summed E-state index contributed by atoms with van der Waals surface area (Å²) >= 11 is 0. The molecule has 0 bridgehead atoms. The van der Waals surface area contributed by atoms with Gasteiger partial charge in [-0.2, -0.15) is 13.2 Å². The molecule has 19 heavy (non-hydrogen) atoms. The summed E-state index contributed by atoms with van der Waals surface area (Å²) in [6.07, 6.45) is -1.41. The number of pyridine rings is 1. The van der Waals surface area contributed by atoms with Crippen LogP contribution in [0.2, 0.25) is 0 Å². The monoisotopic (exact) mass is 273 g/mol. The third-order valence-corrected chi connectivity index (χ3v) is 3.52. The predicted molar refractivity (Wildman–Crippen MR) is 67.6 cm³/mol. The highest BCUT2D eigenvalue weighted by Gasteiger charge is 2.33. The van der Waals surface area contributed by atoms with Crippen LogP contribution < -0.4 is 11.1 Å². The zero-order chi connectivity index (χ0) is 14.0. The van der Waals surface area contributed by atoms with Crippen molar-refractivity contribution in [2.24, 2.45) is 11.7 Å². The summed E-state index contributed by atoms with van der Waals surface area (Å²) in [6.45, 7) is 2.32. The minimum atomic E-state index is -4.42. The van der Waals surface area contributed by atoms with Crippen molar-refractivity contribution in [3.63, 3.8) is 0 Å². The molecular weight excluding hydrogens is 255 g/mol. The van der Waals surface area contributed by atoms with Gasteiger partial charge in [0.05, 0.1) is 0 Å². The molecular formula is C13H18F3N3. The van der Waals surface area contributed by atoms with E-state index >= 15 is 0 Å². The molecule has 0 saturated heterocycles. The lowest BCUT2D eigenvalue weighted by Crippen LogP contribution is -2.20. The fourth-order valence-electron chi connectivity index (χ4n) is 2.47. The number of hydrogen-bond donors (Lipinski definition) is 2. The van der Waals surface area contributed by atoms with Crippen molar-refractivity contribution in [2.45, 2.75) is 44.9 Å². The van der Waals surface area contributed by atoms with Crippen LogP contribution in [-0.4, -0.2) is 11.0 Å². The molecule has 2 atom stereocenters. The fraction of sp³-hybridized carbons (Fsp3) is 0.615. The summed E-state index contributed by atoms with van der Waals surface area (Å²) in [6, 6.07) is 2.57. The van der Waals surface area contributed by atoms with Gasteiger partial charge in [-0.05, 0) is 31.2 Å². The number of aromatic nitrogens is 1. The molecule has 6 heteroatoms. The van der Waals surface area contributed by atoms with Gasteiger partial charge < -0.3 is 11.1 Å². The van der Waals surface area contributed by atoms with Gasteiger partial charge in [0.15, 0.2) is 0 Å². The second-order valence-corrected chi connectivity index (χ2v) is 5.17. The van der Waals surface area contributed by atoms with E-state index in [2.05, 4.69) is 17.2 Å². The van der Waals surface area contributed by atoms with E-state index < -0.39 is 11.9 Å². The van der Waals surface area contributed by atoms with Crippen LogP contribution in [0.1, 0.15) is 37.4 Å². The first-order valence-electron chi connectivity index (χ1n) is 6.44. The fourth-order valence-corrected chi connectivity index (χ4v) is 2.47. The first-order chi connectivity index (χ1) is 8.90. The molecule has 1 heterocycles. The number of rotatable bonds is 3. The zero-order valence-corrected chi connectivity index (χ0v) is 10.8. The summed E-state index contributed by atoms with van der Waals surface area (Å²) in [5, 5.41) is 3.11. The third kappa shape index (κ3) is 3.37. The van der Waals surface area contributed by atoms with Crippen molar-refractivity contribution >= 4 is 5.82 Å². The molecule has 1 aliphatic carbocycles. The first-order valence-corrected chi connectivity index (χ1v) is 6.44. The second-order valence-electron chi connectivity index (χ2n) is 5.17. The maximum absolute atomic E-state index is 12.7. The Bertz CT molecular complexity index is 445. The Morgan fingerprint density at radius 2 is 2.11 bits per heavy atom. The summed E-state index contributed by atoms with van der Waals surface area (Å²) in [7, 11) is 0. The average Bonchev–Trinajstić information content (AvgIpc) is 2.73. The predicted octanol–water partition coefficient (Wildman–Crippen LogP) is 3.16. The Kier molecular flexibility index (Phi) is 3.99. The first kappa shape index (κ1) is 14.1. The molecule has 1 aromatic heterocycles. The Hall–Kier alpha value is -1.30. The molecule has 2 unspecified atom stereocenters. The molecule has 0 aliphatic heterocycles. The van der Waals surface area contributed by atoms with E-state index in [0.29, 0.717) is 11.5 Å². The second kappa shape index (κ2) is 5.36. The van der Waals surface area contributed by atoms with E-state index in [1.807, 2.05) is 0 Å². The SMILES string of the molecule is CC1CCC(Nc2nc(C(F)(F)F)ccc2CN)C1. The normalized spacial score (nSPS) is 23.6. The molecule has 0 spiro atoms. The minimum absolute atomic E-state index is 0.176. The standard InChI is InChI=1S/C13H18F3N3/c1-8-2-4-10(6-8)18-12-9(7-17)3-5-11(19-12)13(14,15)16/h3,5,8,10H,2,4,6-7,17H2,1H3,(H,18,19). The van der Waals surface area contributed by atoms with Crippen molar-refractivity contribution < 1.29 is 13.2 Å².